The first kappa shape index (κ1) is 68.4. The van der Waals surface area contributed by atoms with Gasteiger partial charge in [-0.05, 0) is 37.0 Å². The molecule has 0 aliphatic carbocycles. The van der Waals surface area contributed by atoms with Crippen molar-refractivity contribution < 1.29 is 28.6 Å². The number of rotatable bonds is 57. The minimum atomic E-state index is -0.765. The molecule has 0 bridgehead atoms. The fourth-order valence-corrected chi connectivity index (χ4v) is 9.82. The Morgan fingerprint density at radius 1 is 0.286 bits per heavy atom. The molecule has 0 aromatic rings. The molecule has 0 aromatic heterocycles. The van der Waals surface area contributed by atoms with Crippen LogP contribution in [0.1, 0.15) is 356 Å². The van der Waals surface area contributed by atoms with Crippen LogP contribution in [0.5, 0.6) is 0 Å². The van der Waals surface area contributed by atoms with Gasteiger partial charge in [0.25, 0.3) is 0 Å². The van der Waals surface area contributed by atoms with Crippen LogP contribution in [0.15, 0.2) is 0 Å². The monoisotopic (exact) mass is 989 g/mol. The van der Waals surface area contributed by atoms with E-state index in [1.807, 2.05) is 0 Å². The SMILES string of the molecule is CCC(C)CCCCCCCCCCCCCCCCCCCCC(=O)O[C@@H](COC(=O)CCCCCCCCCCCCCCCCCC(C)C)COC(=O)CCCCCCCCCCC(C)CC. The lowest BCUT2D eigenvalue weighted by atomic mass is 9.99. The minimum absolute atomic E-state index is 0.0632. The molecule has 0 fully saturated rings. The van der Waals surface area contributed by atoms with E-state index in [0.717, 1.165) is 75.5 Å². The Morgan fingerprint density at radius 3 is 0.743 bits per heavy atom. The van der Waals surface area contributed by atoms with Crippen molar-refractivity contribution in [3.63, 3.8) is 0 Å². The molecule has 416 valence electrons. The van der Waals surface area contributed by atoms with Gasteiger partial charge in [-0.15, -0.1) is 0 Å². The predicted octanol–water partition coefficient (Wildman–Crippen LogP) is 21.1. The highest BCUT2D eigenvalue weighted by Gasteiger charge is 2.19. The van der Waals surface area contributed by atoms with Crippen molar-refractivity contribution in [1.82, 2.24) is 0 Å². The fourth-order valence-electron chi connectivity index (χ4n) is 9.82. The number of unbranched alkanes of at least 4 members (excludes halogenated alkanes) is 38. The summed E-state index contributed by atoms with van der Waals surface area (Å²) in [7, 11) is 0. The highest BCUT2D eigenvalue weighted by atomic mass is 16.6. The highest BCUT2D eigenvalue weighted by molar-refractivity contribution is 5.71. The van der Waals surface area contributed by atoms with Crippen LogP contribution in [0.2, 0.25) is 0 Å². The molecule has 6 nitrogen and oxygen atoms in total. The number of esters is 3. The van der Waals surface area contributed by atoms with Crippen molar-refractivity contribution >= 4 is 17.9 Å². The lowest BCUT2D eigenvalue weighted by Gasteiger charge is -2.18. The molecule has 0 amide bonds. The summed E-state index contributed by atoms with van der Waals surface area (Å²) < 4.78 is 16.9. The van der Waals surface area contributed by atoms with Gasteiger partial charge in [-0.1, -0.05) is 318 Å². The summed E-state index contributed by atoms with van der Waals surface area (Å²) in [5.41, 5.74) is 0. The van der Waals surface area contributed by atoms with Crippen molar-refractivity contribution in [1.29, 1.82) is 0 Å². The average Bonchev–Trinajstić information content (AvgIpc) is 3.35. The second-order valence-electron chi connectivity index (χ2n) is 23.0. The second kappa shape index (κ2) is 55.2. The summed E-state index contributed by atoms with van der Waals surface area (Å²) in [5.74, 6) is 1.77. The Labute approximate surface area is 438 Å². The van der Waals surface area contributed by atoms with Crippen LogP contribution >= 0.6 is 0 Å². The minimum Gasteiger partial charge on any atom is -0.462 e. The van der Waals surface area contributed by atoms with E-state index >= 15 is 0 Å². The van der Waals surface area contributed by atoms with Gasteiger partial charge >= 0.3 is 17.9 Å². The van der Waals surface area contributed by atoms with Crippen LogP contribution < -0.4 is 0 Å². The van der Waals surface area contributed by atoms with E-state index in [1.54, 1.807) is 0 Å². The molecule has 3 atom stereocenters. The maximum atomic E-state index is 12.9. The molecule has 6 heteroatoms. The van der Waals surface area contributed by atoms with E-state index in [2.05, 4.69) is 41.5 Å². The number of carbonyl (C=O) groups excluding carboxylic acids is 3. The normalized spacial score (nSPS) is 12.9. The Bertz CT molecular complexity index is 1090. The van der Waals surface area contributed by atoms with Crippen LogP contribution in [0, 0.1) is 17.8 Å². The van der Waals surface area contributed by atoms with E-state index in [1.165, 1.54) is 238 Å². The molecule has 70 heavy (non-hydrogen) atoms. The number of hydrogen-bond acceptors (Lipinski definition) is 6. The highest BCUT2D eigenvalue weighted by Crippen LogP contribution is 2.20. The molecular weight excluding hydrogens is 865 g/mol. The van der Waals surface area contributed by atoms with Crippen LogP contribution in [0.4, 0.5) is 0 Å². The van der Waals surface area contributed by atoms with Gasteiger partial charge in [-0.3, -0.25) is 14.4 Å². The molecule has 0 spiro atoms. The number of hydrogen-bond donors (Lipinski definition) is 0. The third-order valence-electron chi connectivity index (χ3n) is 15.4. The van der Waals surface area contributed by atoms with Crippen molar-refractivity contribution in [2.45, 2.75) is 362 Å². The van der Waals surface area contributed by atoms with Gasteiger partial charge in [-0.25, -0.2) is 0 Å². The first-order chi connectivity index (χ1) is 34.2. The zero-order valence-corrected chi connectivity index (χ0v) is 48.3. The van der Waals surface area contributed by atoms with Gasteiger partial charge in [-0.2, -0.15) is 0 Å². The second-order valence-corrected chi connectivity index (χ2v) is 23.0. The average molecular weight is 990 g/mol. The Hall–Kier alpha value is -1.59. The third kappa shape index (κ3) is 54.2. The molecular formula is C64H124O6. The van der Waals surface area contributed by atoms with Gasteiger partial charge in [0.05, 0.1) is 0 Å². The first-order valence-corrected chi connectivity index (χ1v) is 31.7. The van der Waals surface area contributed by atoms with Gasteiger partial charge in [0.1, 0.15) is 13.2 Å². The molecule has 0 heterocycles. The molecule has 0 rings (SSSR count). The van der Waals surface area contributed by atoms with Crippen LogP contribution in [0.25, 0.3) is 0 Å². The quantitative estimate of drug-likeness (QED) is 0.0343. The lowest BCUT2D eigenvalue weighted by molar-refractivity contribution is -0.167. The van der Waals surface area contributed by atoms with Crippen LogP contribution in [-0.2, 0) is 28.6 Å². The largest absolute Gasteiger partial charge is 0.462 e. The fraction of sp³-hybridized carbons (Fsp3) is 0.953. The van der Waals surface area contributed by atoms with Gasteiger partial charge in [0.2, 0.25) is 0 Å². The summed E-state index contributed by atoms with van der Waals surface area (Å²) in [6.07, 6.45) is 59.5. The maximum Gasteiger partial charge on any atom is 0.306 e. The van der Waals surface area contributed by atoms with Crippen molar-refractivity contribution in [2.75, 3.05) is 13.2 Å². The van der Waals surface area contributed by atoms with Crippen molar-refractivity contribution in [3.8, 4) is 0 Å². The van der Waals surface area contributed by atoms with E-state index in [0.29, 0.717) is 19.3 Å². The molecule has 0 radical (unpaired) electrons. The topological polar surface area (TPSA) is 78.9 Å². The van der Waals surface area contributed by atoms with E-state index in [9.17, 15) is 14.4 Å². The zero-order valence-electron chi connectivity index (χ0n) is 48.3. The smallest absolute Gasteiger partial charge is 0.306 e. The Morgan fingerprint density at radius 2 is 0.500 bits per heavy atom. The summed E-state index contributed by atoms with van der Waals surface area (Å²) in [6, 6.07) is 0. The van der Waals surface area contributed by atoms with Gasteiger partial charge in [0.15, 0.2) is 6.10 Å². The molecule has 0 saturated carbocycles. The molecule has 0 N–H and O–H groups in total. The Balaban J connectivity index is 4.25. The molecule has 2 unspecified atom stereocenters. The van der Waals surface area contributed by atoms with E-state index in [4.69, 9.17) is 14.2 Å². The maximum absolute atomic E-state index is 12.9. The van der Waals surface area contributed by atoms with E-state index in [-0.39, 0.29) is 31.1 Å². The number of carbonyl (C=O) groups is 3. The summed E-state index contributed by atoms with van der Waals surface area (Å²) in [4.78, 5) is 38.3. The van der Waals surface area contributed by atoms with Crippen LogP contribution in [-0.4, -0.2) is 37.2 Å². The standard InChI is InChI=1S/C64H124O6/c1-7-59(5)51-45-39-33-27-23-19-15-11-9-10-12-16-21-25-29-37-43-49-55-64(67)70-61(57-69-63(66)54-48-42-36-31-30-34-40-46-52-60(6)8-2)56-68-62(65)53-47-41-35-28-24-20-17-13-14-18-22-26-32-38-44-50-58(3)4/h58-61H,7-57H2,1-6H3/t59?,60?,61-/m0/s1. The van der Waals surface area contributed by atoms with Crippen molar-refractivity contribution in [3.05, 3.63) is 0 Å². The molecule has 0 saturated heterocycles. The van der Waals surface area contributed by atoms with Gasteiger partial charge < -0.3 is 14.2 Å². The Kier molecular flexibility index (Phi) is 53.9. The molecule has 0 aliphatic heterocycles. The predicted molar refractivity (Wildman–Crippen MR) is 303 cm³/mol. The zero-order chi connectivity index (χ0) is 51.2. The van der Waals surface area contributed by atoms with Gasteiger partial charge in [0, 0.05) is 19.3 Å². The first-order valence-electron chi connectivity index (χ1n) is 31.7. The van der Waals surface area contributed by atoms with Crippen LogP contribution in [0.3, 0.4) is 0 Å². The van der Waals surface area contributed by atoms with Crippen molar-refractivity contribution in [2.24, 2.45) is 17.8 Å². The third-order valence-corrected chi connectivity index (χ3v) is 15.4. The lowest BCUT2D eigenvalue weighted by Crippen LogP contribution is -2.30. The summed E-state index contributed by atoms with van der Waals surface area (Å²) >= 11 is 0. The van der Waals surface area contributed by atoms with E-state index < -0.39 is 6.10 Å². The molecule has 0 aliphatic rings. The number of ether oxygens (including phenoxy) is 3. The molecule has 0 aromatic carbocycles. The summed E-state index contributed by atoms with van der Waals surface area (Å²) in [5, 5.41) is 0. The summed E-state index contributed by atoms with van der Waals surface area (Å²) in [6.45, 7) is 13.8.